The van der Waals surface area contributed by atoms with E-state index in [1.807, 2.05) is 18.2 Å². The first-order chi connectivity index (χ1) is 9.72. The van der Waals surface area contributed by atoms with Gasteiger partial charge in [0.15, 0.2) is 0 Å². The molecule has 0 saturated heterocycles. The van der Waals surface area contributed by atoms with Crippen LogP contribution in [-0.4, -0.2) is 33.3 Å². The van der Waals surface area contributed by atoms with E-state index < -0.39 is 0 Å². The highest BCUT2D eigenvalue weighted by Gasteiger charge is 2.37. The summed E-state index contributed by atoms with van der Waals surface area (Å²) in [4.78, 5) is 11.7. The largest absolute Gasteiger partial charge is 0.496 e. The second-order valence-corrected chi connectivity index (χ2v) is 5.40. The lowest BCUT2D eigenvalue weighted by atomic mass is 9.78. The summed E-state index contributed by atoms with van der Waals surface area (Å²) in [6.45, 7) is 0.761. The van der Waals surface area contributed by atoms with Crippen molar-refractivity contribution in [2.45, 2.75) is 31.1 Å². The van der Waals surface area contributed by atoms with Crippen LogP contribution < -0.4 is 10.1 Å². The van der Waals surface area contributed by atoms with E-state index in [0.29, 0.717) is 6.54 Å². The summed E-state index contributed by atoms with van der Waals surface area (Å²) in [5.74, 6) is 0.851. The molecule has 0 atom stereocenters. The summed E-state index contributed by atoms with van der Waals surface area (Å²) >= 11 is 0. The molecule has 4 nitrogen and oxygen atoms in total. The molecule has 0 heterocycles. The minimum atomic E-state index is -0.0614. The van der Waals surface area contributed by atoms with E-state index in [-0.39, 0.29) is 17.9 Å². The van der Waals surface area contributed by atoms with Gasteiger partial charge in [0.1, 0.15) is 12.4 Å². The number of para-hydroxylation sites is 1. The molecule has 110 valence electrons. The third-order valence-electron chi connectivity index (χ3n) is 4.14. The van der Waals surface area contributed by atoms with Gasteiger partial charge in [-0.15, -0.1) is 0 Å². The lowest BCUT2D eigenvalue weighted by Gasteiger charge is -2.31. The maximum Gasteiger partial charge on any atom is 0.246 e. The molecule has 0 unspecified atom stereocenters. The molecule has 4 heteroatoms. The van der Waals surface area contributed by atoms with Crippen molar-refractivity contribution in [3.05, 3.63) is 29.8 Å². The van der Waals surface area contributed by atoms with Gasteiger partial charge in [-0.1, -0.05) is 31.0 Å². The fraction of sp³-hybridized carbons (Fsp3) is 0.562. The predicted octanol–water partition coefficient (Wildman–Crippen LogP) is 2.27. The number of hydrogen-bond acceptors (Lipinski definition) is 3. The van der Waals surface area contributed by atoms with E-state index in [1.54, 1.807) is 7.11 Å². The molecule has 1 aromatic rings. The van der Waals surface area contributed by atoms with Crippen LogP contribution in [0, 0.1) is 0 Å². The van der Waals surface area contributed by atoms with Crippen LogP contribution in [0.3, 0.4) is 0 Å². The summed E-state index contributed by atoms with van der Waals surface area (Å²) in [7, 11) is 3.23. The SMILES string of the molecule is COCC(=O)NCC1(c2ccccc2OC)CCCC1. The number of rotatable bonds is 6. The van der Waals surface area contributed by atoms with Crippen molar-refractivity contribution in [1.29, 1.82) is 0 Å². The molecule has 0 aliphatic heterocycles. The monoisotopic (exact) mass is 277 g/mol. The first-order valence-corrected chi connectivity index (χ1v) is 7.11. The third-order valence-corrected chi connectivity index (χ3v) is 4.14. The molecule has 1 N–H and O–H groups in total. The smallest absolute Gasteiger partial charge is 0.246 e. The topological polar surface area (TPSA) is 47.6 Å². The van der Waals surface area contributed by atoms with Gasteiger partial charge in [0, 0.05) is 24.6 Å². The average Bonchev–Trinajstić information content (AvgIpc) is 2.95. The molecular weight excluding hydrogens is 254 g/mol. The standard InChI is InChI=1S/C16H23NO3/c1-19-11-15(18)17-12-16(9-5-6-10-16)13-7-3-4-8-14(13)20-2/h3-4,7-8H,5-6,9-12H2,1-2H3,(H,17,18). The fourth-order valence-corrected chi connectivity index (χ4v) is 3.13. The number of benzene rings is 1. The normalized spacial score (nSPS) is 16.9. The second-order valence-electron chi connectivity index (χ2n) is 5.40. The third kappa shape index (κ3) is 3.12. The zero-order chi connectivity index (χ0) is 14.4. The maximum absolute atomic E-state index is 11.7. The molecule has 1 aliphatic rings. The van der Waals surface area contributed by atoms with Gasteiger partial charge in [0.05, 0.1) is 7.11 Å². The van der Waals surface area contributed by atoms with E-state index >= 15 is 0 Å². The molecule has 0 spiro atoms. The minimum Gasteiger partial charge on any atom is -0.496 e. The minimum absolute atomic E-state index is 0.00396. The summed E-state index contributed by atoms with van der Waals surface area (Å²) in [5, 5.41) is 3.00. The number of ether oxygens (including phenoxy) is 2. The van der Waals surface area contributed by atoms with Crippen molar-refractivity contribution >= 4 is 5.91 Å². The Balaban J connectivity index is 2.19. The molecule has 0 radical (unpaired) electrons. The highest BCUT2D eigenvalue weighted by molar-refractivity contribution is 5.77. The number of carbonyl (C=O) groups is 1. The van der Waals surface area contributed by atoms with Crippen LogP contribution in [0.25, 0.3) is 0 Å². The summed E-state index contributed by atoms with van der Waals surface area (Å²) in [6.07, 6.45) is 4.55. The first-order valence-electron chi connectivity index (χ1n) is 7.11. The van der Waals surface area contributed by atoms with E-state index in [4.69, 9.17) is 9.47 Å². The number of amides is 1. The molecule has 1 aliphatic carbocycles. The molecule has 1 fully saturated rings. The van der Waals surface area contributed by atoms with E-state index in [2.05, 4.69) is 11.4 Å². The summed E-state index contributed by atoms with van der Waals surface area (Å²) in [5.41, 5.74) is 1.20. The Morgan fingerprint density at radius 1 is 1.25 bits per heavy atom. The van der Waals surface area contributed by atoms with Crippen molar-refractivity contribution in [2.75, 3.05) is 27.4 Å². The molecular formula is C16H23NO3. The van der Waals surface area contributed by atoms with Crippen molar-refractivity contribution in [1.82, 2.24) is 5.32 Å². The van der Waals surface area contributed by atoms with E-state index in [1.165, 1.54) is 25.5 Å². The van der Waals surface area contributed by atoms with Crippen molar-refractivity contribution in [2.24, 2.45) is 0 Å². The number of nitrogens with one attached hydrogen (secondary N) is 1. The van der Waals surface area contributed by atoms with Gasteiger partial charge < -0.3 is 14.8 Å². The molecule has 1 aromatic carbocycles. The summed E-state index contributed by atoms with van der Waals surface area (Å²) < 4.78 is 10.4. The quantitative estimate of drug-likeness (QED) is 0.867. The first kappa shape index (κ1) is 14.9. The van der Waals surface area contributed by atoms with Crippen LogP contribution in [0.15, 0.2) is 24.3 Å². The fourth-order valence-electron chi connectivity index (χ4n) is 3.13. The molecule has 2 rings (SSSR count). The Bertz CT molecular complexity index is 453. The molecule has 1 saturated carbocycles. The zero-order valence-corrected chi connectivity index (χ0v) is 12.3. The number of methoxy groups -OCH3 is 2. The van der Waals surface area contributed by atoms with Gasteiger partial charge in [-0.05, 0) is 18.9 Å². The van der Waals surface area contributed by atoms with E-state index in [9.17, 15) is 4.79 Å². The highest BCUT2D eigenvalue weighted by atomic mass is 16.5. The van der Waals surface area contributed by atoms with Crippen LogP contribution in [-0.2, 0) is 14.9 Å². The Morgan fingerprint density at radius 2 is 1.95 bits per heavy atom. The van der Waals surface area contributed by atoms with Crippen LogP contribution in [0.2, 0.25) is 0 Å². The number of hydrogen-bond donors (Lipinski definition) is 1. The predicted molar refractivity (Wildman–Crippen MR) is 78.0 cm³/mol. The molecule has 0 aromatic heterocycles. The van der Waals surface area contributed by atoms with Gasteiger partial charge in [0.25, 0.3) is 0 Å². The summed E-state index contributed by atoms with van der Waals surface area (Å²) in [6, 6.07) is 8.13. The maximum atomic E-state index is 11.7. The molecule has 0 bridgehead atoms. The Morgan fingerprint density at radius 3 is 2.60 bits per heavy atom. The highest BCUT2D eigenvalue weighted by Crippen LogP contribution is 2.44. The Labute approximate surface area is 120 Å². The molecule has 20 heavy (non-hydrogen) atoms. The van der Waals surface area contributed by atoms with Gasteiger partial charge in [-0.2, -0.15) is 0 Å². The van der Waals surface area contributed by atoms with Gasteiger partial charge in [-0.25, -0.2) is 0 Å². The second kappa shape index (κ2) is 6.75. The molecule has 1 amide bonds. The van der Waals surface area contributed by atoms with Crippen LogP contribution in [0.4, 0.5) is 0 Å². The van der Waals surface area contributed by atoms with Crippen molar-refractivity contribution in [3.63, 3.8) is 0 Å². The van der Waals surface area contributed by atoms with Gasteiger partial charge in [-0.3, -0.25) is 4.79 Å². The lowest BCUT2D eigenvalue weighted by Crippen LogP contribution is -2.40. The Kier molecular flexibility index (Phi) is 5.01. The van der Waals surface area contributed by atoms with Crippen LogP contribution in [0.1, 0.15) is 31.2 Å². The number of carbonyl (C=O) groups excluding carboxylic acids is 1. The van der Waals surface area contributed by atoms with Crippen molar-refractivity contribution < 1.29 is 14.3 Å². The van der Waals surface area contributed by atoms with Gasteiger partial charge >= 0.3 is 0 Å². The van der Waals surface area contributed by atoms with Crippen molar-refractivity contribution in [3.8, 4) is 5.75 Å². The lowest BCUT2D eigenvalue weighted by molar-refractivity contribution is -0.125. The average molecular weight is 277 g/mol. The zero-order valence-electron chi connectivity index (χ0n) is 12.3. The van der Waals surface area contributed by atoms with Gasteiger partial charge in [0.2, 0.25) is 5.91 Å². The van der Waals surface area contributed by atoms with Crippen LogP contribution >= 0.6 is 0 Å². The van der Waals surface area contributed by atoms with E-state index in [0.717, 1.165) is 18.6 Å². The Hall–Kier alpha value is -1.55. The van der Waals surface area contributed by atoms with Crippen LogP contribution in [0.5, 0.6) is 5.75 Å².